The second-order valence-electron chi connectivity index (χ2n) is 7.13. The van der Waals surface area contributed by atoms with Crippen LogP contribution in [0.5, 0.6) is 5.75 Å². The van der Waals surface area contributed by atoms with Gasteiger partial charge in [0.25, 0.3) is 5.91 Å². The first-order chi connectivity index (χ1) is 13.9. The van der Waals surface area contributed by atoms with E-state index in [-0.39, 0.29) is 11.3 Å². The third-order valence-electron chi connectivity index (χ3n) is 4.78. The van der Waals surface area contributed by atoms with Gasteiger partial charge in [0.15, 0.2) is 11.5 Å². The highest BCUT2D eigenvalue weighted by molar-refractivity contribution is 6.15. The lowest BCUT2D eigenvalue weighted by Crippen LogP contribution is -2.33. The van der Waals surface area contributed by atoms with Gasteiger partial charge < -0.3 is 24.1 Å². The number of furan rings is 1. The zero-order chi connectivity index (χ0) is 21.0. The minimum absolute atomic E-state index is 0.0310. The maximum absolute atomic E-state index is 13.1. The summed E-state index contributed by atoms with van der Waals surface area (Å²) in [5.41, 5.74) is 0.733. The smallest absolute Gasteiger partial charge is 0.290 e. The van der Waals surface area contributed by atoms with Crippen molar-refractivity contribution in [3.8, 4) is 5.75 Å². The van der Waals surface area contributed by atoms with E-state index >= 15 is 0 Å². The van der Waals surface area contributed by atoms with Gasteiger partial charge in [0.05, 0.1) is 24.5 Å². The number of nitrogens with zero attached hydrogens (tertiary/aromatic N) is 2. The Hall–Kier alpha value is -3.06. The first-order valence-electron chi connectivity index (χ1n) is 9.63. The highest BCUT2D eigenvalue weighted by Crippen LogP contribution is 2.40. The van der Waals surface area contributed by atoms with E-state index in [1.807, 2.05) is 44.1 Å². The van der Waals surface area contributed by atoms with Crippen LogP contribution in [-0.4, -0.2) is 60.4 Å². The van der Waals surface area contributed by atoms with E-state index in [2.05, 4.69) is 0 Å². The Morgan fingerprint density at radius 1 is 1.28 bits per heavy atom. The lowest BCUT2D eigenvalue weighted by atomic mass is 9.95. The molecule has 0 radical (unpaired) electrons. The Labute approximate surface area is 170 Å². The number of rotatable bonds is 9. The van der Waals surface area contributed by atoms with E-state index in [9.17, 15) is 14.7 Å². The number of ether oxygens (including phenoxy) is 1. The van der Waals surface area contributed by atoms with Crippen molar-refractivity contribution in [1.82, 2.24) is 9.80 Å². The molecule has 2 aromatic rings. The lowest BCUT2D eigenvalue weighted by molar-refractivity contribution is -0.129. The van der Waals surface area contributed by atoms with Gasteiger partial charge in [-0.3, -0.25) is 9.59 Å². The van der Waals surface area contributed by atoms with Gasteiger partial charge in [-0.1, -0.05) is 12.1 Å². The van der Waals surface area contributed by atoms with Crippen LogP contribution in [0.15, 0.2) is 58.4 Å². The van der Waals surface area contributed by atoms with Crippen molar-refractivity contribution in [1.29, 1.82) is 0 Å². The SMILES string of the molecule is CCOc1cccc([C@@H]2C(C(=O)c3ccco3)=C(O)C(=O)N2CCCN(C)C)c1. The summed E-state index contributed by atoms with van der Waals surface area (Å²) in [5.74, 6) is -0.848. The van der Waals surface area contributed by atoms with E-state index in [0.717, 1.165) is 6.54 Å². The van der Waals surface area contributed by atoms with Crippen molar-refractivity contribution in [2.45, 2.75) is 19.4 Å². The largest absolute Gasteiger partial charge is 0.503 e. The number of amides is 1. The third-order valence-corrected chi connectivity index (χ3v) is 4.78. The number of carbonyl (C=O) groups is 2. The number of Topliss-reactive ketones (excluding diaryl/α,β-unsaturated/α-hetero) is 1. The van der Waals surface area contributed by atoms with E-state index in [0.29, 0.717) is 30.9 Å². The van der Waals surface area contributed by atoms with E-state index < -0.39 is 23.5 Å². The molecule has 1 aliphatic heterocycles. The van der Waals surface area contributed by atoms with Gasteiger partial charge >= 0.3 is 0 Å². The van der Waals surface area contributed by atoms with Crippen LogP contribution < -0.4 is 4.74 Å². The Morgan fingerprint density at radius 3 is 2.72 bits per heavy atom. The first-order valence-corrected chi connectivity index (χ1v) is 9.63. The van der Waals surface area contributed by atoms with Gasteiger partial charge in [0.2, 0.25) is 5.78 Å². The van der Waals surface area contributed by atoms with Crippen LogP contribution in [-0.2, 0) is 4.79 Å². The van der Waals surface area contributed by atoms with Gasteiger partial charge in [-0.05, 0) is 63.8 Å². The number of aliphatic hydroxyl groups is 1. The predicted octanol–water partition coefficient (Wildman–Crippen LogP) is 3.21. The van der Waals surface area contributed by atoms with E-state index in [1.165, 1.54) is 12.3 Å². The predicted molar refractivity (Wildman–Crippen MR) is 108 cm³/mol. The molecule has 154 valence electrons. The first kappa shape index (κ1) is 20.7. The van der Waals surface area contributed by atoms with Gasteiger partial charge in [0, 0.05) is 6.54 Å². The number of hydrogen-bond donors (Lipinski definition) is 1. The van der Waals surface area contributed by atoms with Crippen LogP contribution >= 0.6 is 0 Å². The van der Waals surface area contributed by atoms with Gasteiger partial charge in [-0.25, -0.2) is 0 Å². The zero-order valence-electron chi connectivity index (χ0n) is 16.9. The molecule has 1 N–H and O–H groups in total. The number of carbonyl (C=O) groups excluding carboxylic acids is 2. The monoisotopic (exact) mass is 398 g/mol. The molecule has 0 saturated heterocycles. The van der Waals surface area contributed by atoms with Crippen molar-refractivity contribution in [3.63, 3.8) is 0 Å². The summed E-state index contributed by atoms with van der Waals surface area (Å²) in [5, 5.41) is 10.6. The molecule has 0 saturated carbocycles. The highest BCUT2D eigenvalue weighted by Gasteiger charge is 2.44. The van der Waals surface area contributed by atoms with E-state index in [1.54, 1.807) is 17.0 Å². The summed E-state index contributed by atoms with van der Waals surface area (Å²) in [6.07, 6.45) is 2.09. The second-order valence-corrected chi connectivity index (χ2v) is 7.13. The van der Waals surface area contributed by atoms with Crippen LogP contribution in [0, 0.1) is 0 Å². The molecule has 0 bridgehead atoms. The van der Waals surface area contributed by atoms with Crippen molar-refractivity contribution >= 4 is 11.7 Å². The average Bonchev–Trinajstić information content (AvgIpc) is 3.31. The molecule has 0 aliphatic carbocycles. The molecule has 1 aromatic heterocycles. The highest BCUT2D eigenvalue weighted by atomic mass is 16.5. The standard InChI is InChI=1S/C22H26N2O5/c1-4-28-16-9-5-8-15(14-16)19-18(20(25)17-10-6-13-29-17)21(26)22(27)24(19)12-7-11-23(2)3/h5-6,8-10,13-14,19,26H,4,7,11-12H2,1-3H3/t19-/m1/s1. The molecule has 1 atom stereocenters. The van der Waals surface area contributed by atoms with Crippen molar-refractivity contribution in [2.75, 3.05) is 33.8 Å². The average molecular weight is 398 g/mol. The van der Waals surface area contributed by atoms with E-state index in [4.69, 9.17) is 9.15 Å². The van der Waals surface area contributed by atoms with Crippen LogP contribution in [0.25, 0.3) is 0 Å². The van der Waals surface area contributed by atoms with Gasteiger partial charge in [-0.15, -0.1) is 0 Å². The maximum atomic E-state index is 13.1. The molecule has 7 heteroatoms. The molecule has 7 nitrogen and oxygen atoms in total. The minimum atomic E-state index is -0.706. The van der Waals surface area contributed by atoms with Crippen molar-refractivity contribution in [3.05, 3.63) is 65.3 Å². The molecule has 1 aromatic carbocycles. The Morgan fingerprint density at radius 2 is 2.07 bits per heavy atom. The summed E-state index contributed by atoms with van der Waals surface area (Å²) >= 11 is 0. The maximum Gasteiger partial charge on any atom is 0.290 e. The van der Waals surface area contributed by atoms with Crippen molar-refractivity contribution < 1.29 is 23.8 Å². The molecule has 0 spiro atoms. The topological polar surface area (TPSA) is 83.2 Å². The normalized spacial score (nSPS) is 16.8. The Kier molecular flexibility index (Phi) is 6.39. The minimum Gasteiger partial charge on any atom is -0.503 e. The summed E-state index contributed by atoms with van der Waals surface area (Å²) in [6, 6.07) is 9.67. The number of aliphatic hydroxyl groups excluding tert-OH is 1. The second kappa shape index (κ2) is 8.96. The number of hydrogen-bond acceptors (Lipinski definition) is 6. The van der Waals surface area contributed by atoms with Gasteiger partial charge in [0.1, 0.15) is 5.75 Å². The quantitative estimate of drug-likeness (QED) is 0.653. The van der Waals surface area contributed by atoms with Crippen LogP contribution in [0.2, 0.25) is 0 Å². The fraction of sp³-hybridized carbons (Fsp3) is 0.364. The van der Waals surface area contributed by atoms with Crippen LogP contribution in [0.4, 0.5) is 0 Å². The Balaban J connectivity index is 2.01. The summed E-state index contributed by atoms with van der Waals surface area (Å²) < 4.78 is 10.8. The molecule has 3 rings (SSSR count). The molecule has 0 fully saturated rings. The lowest BCUT2D eigenvalue weighted by Gasteiger charge is -2.27. The fourth-order valence-electron chi connectivity index (χ4n) is 3.50. The summed E-state index contributed by atoms with van der Waals surface area (Å²) in [7, 11) is 3.91. The number of ketones is 1. The summed E-state index contributed by atoms with van der Waals surface area (Å²) in [6.45, 7) is 3.56. The van der Waals surface area contributed by atoms with Crippen LogP contribution in [0.3, 0.4) is 0 Å². The Bertz CT molecular complexity index is 902. The fourth-order valence-corrected chi connectivity index (χ4v) is 3.50. The molecular weight excluding hydrogens is 372 g/mol. The third kappa shape index (κ3) is 4.35. The molecular formula is C22H26N2O5. The molecule has 1 aliphatic rings. The molecule has 29 heavy (non-hydrogen) atoms. The number of benzene rings is 1. The zero-order valence-corrected chi connectivity index (χ0v) is 16.9. The summed E-state index contributed by atoms with van der Waals surface area (Å²) in [4.78, 5) is 29.5. The molecule has 2 heterocycles. The van der Waals surface area contributed by atoms with Crippen molar-refractivity contribution in [2.24, 2.45) is 0 Å². The van der Waals surface area contributed by atoms with Crippen LogP contribution in [0.1, 0.15) is 35.5 Å². The molecule has 0 unspecified atom stereocenters. The molecule has 1 amide bonds. The van der Waals surface area contributed by atoms with Gasteiger partial charge in [-0.2, -0.15) is 0 Å².